The highest BCUT2D eigenvalue weighted by Crippen LogP contribution is 2.24. The quantitative estimate of drug-likeness (QED) is 0.115. The molecule has 13 heteroatoms. The first kappa shape index (κ1) is 31.1. The van der Waals surface area contributed by atoms with Gasteiger partial charge in [0.25, 0.3) is 0 Å². The zero-order chi connectivity index (χ0) is 31.4. The number of carbonyl (C=O) groups excluding carboxylic acids is 2. The number of halogens is 2. The van der Waals surface area contributed by atoms with E-state index < -0.39 is 17.8 Å². The van der Waals surface area contributed by atoms with E-state index in [1.807, 2.05) is 0 Å². The van der Waals surface area contributed by atoms with Gasteiger partial charge in [-0.15, -0.1) is 0 Å². The summed E-state index contributed by atoms with van der Waals surface area (Å²) in [4.78, 5) is 37.9. The number of nitrogens with one attached hydrogen (secondary N) is 6. The van der Waals surface area contributed by atoms with Gasteiger partial charge in [-0.2, -0.15) is 15.0 Å². The summed E-state index contributed by atoms with van der Waals surface area (Å²) in [6.45, 7) is 1.18. The summed E-state index contributed by atoms with van der Waals surface area (Å²) in [6, 6.07) is 18.0. The Labute approximate surface area is 259 Å². The van der Waals surface area contributed by atoms with E-state index in [4.69, 9.17) is 0 Å². The van der Waals surface area contributed by atoms with Gasteiger partial charge in [-0.3, -0.25) is 10.2 Å². The Morgan fingerprint density at radius 1 is 0.711 bits per heavy atom. The number of nitrogens with zero attached hydrogens (tertiary/aromatic N) is 3. The summed E-state index contributed by atoms with van der Waals surface area (Å²) in [5.41, 5.74) is 7.11. The lowest BCUT2D eigenvalue weighted by Gasteiger charge is -2.21. The van der Waals surface area contributed by atoms with Crippen molar-refractivity contribution in [2.24, 2.45) is 5.92 Å². The molecular weight excluding hydrogens is 580 g/mol. The lowest BCUT2D eigenvalue weighted by Crippen LogP contribution is -2.44. The topological polar surface area (TPSA) is 145 Å². The van der Waals surface area contributed by atoms with Gasteiger partial charge in [-0.05, 0) is 72.4 Å². The molecule has 0 radical (unpaired) electrons. The molecule has 4 aromatic rings. The number of urea groups is 1. The van der Waals surface area contributed by atoms with Crippen molar-refractivity contribution in [3.8, 4) is 0 Å². The van der Waals surface area contributed by atoms with Crippen LogP contribution in [0.3, 0.4) is 0 Å². The van der Waals surface area contributed by atoms with E-state index in [1.54, 1.807) is 36.4 Å². The van der Waals surface area contributed by atoms with Crippen LogP contribution < -0.4 is 32.1 Å². The highest BCUT2D eigenvalue weighted by molar-refractivity contribution is 5.91. The Kier molecular flexibility index (Phi) is 10.7. The minimum Gasteiger partial charge on any atom is -0.354 e. The molecule has 6 N–H and O–H groups in total. The van der Waals surface area contributed by atoms with Crippen LogP contribution in [0.1, 0.15) is 43.2 Å². The molecule has 0 saturated heterocycles. The second kappa shape index (κ2) is 15.4. The van der Waals surface area contributed by atoms with Crippen LogP contribution in [0.25, 0.3) is 0 Å². The van der Waals surface area contributed by atoms with Crippen LogP contribution in [0.5, 0.6) is 0 Å². The molecule has 0 unspecified atom stereocenters. The number of hydrazine groups is 1. The molecular formula is C32H35F2N9O2. The summed E-state index contributed by atoms with van der Waals surface area (Å²) < 4.78 is 26.6. The van der Waals surface area contributed by atoms with Gasteiger partial charge in [0.15, 0.2) is 0 Å². The maximum atomic E-state index is 13.3. The maximum Gasteiger partial charge on any atom is 0.337 e. The van der Waals surface area contributed by atoms with Crippen LogP contribution >= 0.6 is 0 Å². The minimum atomic E-state index is -0.704. The number of aromatic nitrogens is 3. The standard InChI is InChI=1S/C32H35F2N9O2/c33-24-13-9-23(10-14-24)20-36-30-39-29(35-19-22-5-2-1-3-6-22)40-31(41-30)37-26-15-11-21(12-16-26)17-28(44)42-43-32(45)38-27-8-4-7-25(34)18-27/h4,7-16,18,22H,1-3,5-6,17,19-20H2,(H,42,44)(H2,38,43,45)(H3,35,36,37,39,40,41). The van der Waals surface area contributed by atoms with E-state index >= 15 is 0 Å². The zero-order valence-electron chi connectivity index (χ0n) is 24.6. The van der Waals surface area contributed by atoms with Crippen LogP contribution in [0.2, 0.25) is 0 Å². The van der Waals surface area contributed by atoms with Crippen molar-refractivity contribution in [2.45, 2.75) is 45.1 Å². The fourth-order valence-electron chi connectivity index (χ4n) is 4.92. The molecule has 3 aromatic carbocycles. The van der Waals surface area contributed by atoms with Gasteiger partial charge in [0.05, 0.1) is 6.42 Å². The van der Waals surface area contributed by atoms with Crippen molar-refractivity contribution in [3.63, 3.8) is 0 Å². The van der Waals surface area contributed by atoms with Crippen molar-refractivity contribution in [1.82, 2.24) is 25.8 Å². The predicted molar refractivity (Wildman–Crippen MR) is 169 cm³/mol. The number of anilines is 5. The molecule has 45 heavy (non-hydrogen) atoms. The van der Waals surface area contributed by atoms with Gasteiger partial charge in [0.1, 0.15) is 11.6 Å². The number of rotatable bonds is 11. The second-order valence-corrected chi connectivity index (χ2v) is 10.8. The third-order valence-electron chi connectivity index (χ3n) is 7.25. The first-order chi connectivity index (χ1) is 21.9. The number of hydrogen-bond donors (Lipinski definition) is 6. The largest absolute Gasteiger partial charge is 0.354 e. The van der Waals surface area contributed by atoms with Crippen molar-refractivity contribution in [2.75, 3.05) is 27.8 Å². The summed E-state index contributed by atoms with van der Waals surface area (Å²) in [7, 11) is 0. The van der Waals surface area contributed by atoms with Crippen LogP contribution in [0.4, 0.5) is 42.8 Å². The molecule has 234 valence electrons. The molecule has 1 fully saturated rings. The highest BCUT2D eigenvalue weighted by Gasteiger charge is 2.15. The summed E-state index contributed by atoms with van der Waals surface area (Å²) in [5, 5.41) is 12.2. The lowest BCUT2D eigenvalue weighted by atomic mass is 9.89. The molecule has 11 nitrogen and oxygen atoms in total. The van der Waals surface area contributed by atoms with E-state index in [0.29, 0.717) is 41.6 Å². The number of amides is 3. The van der Waals surface area contributed by atoms with Crippen molar-refractivity contribution in [1.29, 1.82) is 0 Å². The monoisotopic (exact) mass is 615 g/mol. The van der Waals surface area contributed by atoms with E-state index in [0.717, 1.165) is 18.2 Å². The first-order valence-electron chi connectivity index (χ1n) is 14.8. The van der Waals surface area contributed by atoms with Gasteiger partial charge in [0.2, 0.25) is 23.8 Å². The van der Waals surface area contributed by atoms with E-state index in [2.05, 4.69) is 47.1 Å². The van der Waals surface area contributed by atoms with Gasteiger partial charge < -0.3 is 21.3 Å². The molecule has 3 amide bonds. The third kappa shape index (κ3) is 10.1. The zero-order valence-corrected chi connectivity index (χ0v) is 24.6. The first-order valence-corrected chi connectivity index (χ1v) is 14.8. The molecule has 1 saturated carbocycles. The average Bonchev–Trinajstić information content (AvgIpc) is 3.04. The SMILES string of the molecule is O=C(Cc1ccc(Nc2nc(NCc3ccc(F)cc3)nc(NCC3CCCCC3)n2)cc1)NNC(=O)Nc1cccc(F)c1. The normalized spacial score (nSPS) is 13.0. The van der Waals surface area contributed by atoms with Crippen LogP contribution in [-0.4, -0.2) is 33.4 Å². The molecule has 0 atom stereocenters. The molecule has 1 heterocycles. The van der Waals surface area contributed by atoms with Gasteiger partial charge in [-0.25, -0.2) is 19.0 Å². The van der Waals surface area contributed by atoms with Crippen LogP contribution in [0, 0.1) is 17.6 Å². The number of benzene rings is 3. The Balaban J connectivity index is 1.17. The third-order valence-corrected chi connectivity index (χ3v) is 7.25. The summed E-state index contributed by atoms with van der Waals surface area (Å²) in [6.07, 6.45) is 6.13. The molecule has 0 bridgehead atoms. The van der Waals surface area contributed by atoms with Crippen molar-refractivity contribution >= 4 is 41.2 Å². The minimum absolute atomic E-state index is 0.0129. The fourth-order valence-corrected chi connectivity index (χ4v) is 4.92. The molecule has 5 rings (SSSR count). The Morgan fingerprint density at radius 3 is 2.13 bits per heavy atom. The number of hydrogen-bond acceptors (Lipinski definition) is 8. The van der Waals surface area contributed by atoms with Crippen molar-refractivity contribution < 1.29 is 18.4 Å². The lowest BCUT2D eigenvalue weighted by molar-refractivity contribution is -0.121. The van der Waals surface area contributed by atoms with Crippen molar-refractivity contribution in [3.05, 3.63) is 95.6 Å². The molecule has 1 aliphatic carbocycles. The predicted octanol–water partition coefficient (Wildman–Crippen LogP) is 5.89. The van der Waals surface area contributed by atoms with E-state index in [9.17, 15) is 18.4 Å². The molecule has 1 aromatic heterocycles. The van der Waals surface area contributed by atoms with Gasteiger partial charge >= 0.3 is 6.03 Å². The number of carbonyl (C=O) groups is 2. The smallest absolute Gasteiger partial charge is 0.337 e. The Bertz CT molecular complexity index is 1580. The van der Waals surface area contributed by atoms with Gasteiger partial charge in [-0.1, -0.05) is 49.6 Å². The van der Waals surface area contributed by atoms with E-state index in [1.165, 1.54) is 62.4 Å². The summed E-state index contributed by atoms with van der Waals surface area (Å²) in [5.74, 6) is 0.492. The molecule has 1 aliphatic rings. The summed E-state index contributed by atoms with van der Waals surface area (Å²) >= 11 is 0. The van der Waals surface area contributed by atoms with E-state index in [-0.39, 0.29) is 17.9 Å². The molecule has 0 aliphatic heterocycles. The molecule has 0 spiro atoms. The van der Waals surface area contributed by atoms with Crippen LogP contribution in [0.15, 0.2) is 72.8 Å². The Hall–Kier alpha value is -5.33. The highest BCUT2D eigenvalue weighted by atomic mass is 19.1. The van der Waals surface area contributed by atoms with Gasteiger partial charge in [0, 0.05) is 24.5 Å². The maximum absolute atomic E-state index is 13.3. The Morgan fingerprint density at radius 2 is 1.40 bits per heavy atom. The van der Waals surface area contributed by atoms with Crippen LogP contribution in [-0.2, 0) is 17.8 Å². The average molecular weight is 616 g/mol. The second-order valence-electron chi connectivity index (χ2n) is 10.8. The fraction of sp³-hybridized carbons (Fsp3) is 0.281.